The Kier molecular flexibility index (Phi) is 6.34. The highest BCUT2D eigenvalue weighted by atomic mass is 19.1. The van der Waals surface area contributed by atoms with Crippen LogP contribution >= 0.6 is 0 Å². The summed E-state index contributed by atoms with van der Waals surface area (Å²) in [6.45, 7) is 5.78. The fourth-order valence-corrected chi connectivity index (χ4v) is 4.12. The van der Waals surface area contributed by atoms with E-state index in [0.29, 0.717) is 24.5 Å². The Bertz CT molecular complexity index is 1090. The standard InChI is InChI=1S/C23H27FN6O2/c1-4-29-15-19(32-22-11-6-5-10-20(22)29)14-28(3)23(31)21(30-16(2)25-26-27-30)13-17-8-7-9-18(24)12-17/h5-12,19,21H,4,13-15H2,1-3H3/t19-,21-/m1/s1. The fourth-order valence-electron chi connectivity index (χ4n) is 4.12. The molecule has 0 fully saturated rings. The maximum absolute atomic E-state index is 13.7. The lowest BCUT2D eigenvalue weighted by Crippen LogP contribution is -2.48. The van der Waals surface area contributed by atoms with Crippen LogP contribution in [0.1, 0.15) is 24.4 Å². The van der Waals surface area contributed by atoms with E-state index in [-0.39, 0.29) is 24.2 Å². The number of hydrogen-bond donors (Lipinski definition) is 0. The summed E-state index contributed by atoms with van der Waals surface area (Å²) in [4.78, 5) is 17.4. The van der Waals surface area contributed by atoms with Crippen molar-refractivity contribution in [2.75, 3.05) is 31.6 Å². The molecule has 0 aliphatic carbocycles. The van der Waals surface area contributed by atoms with E-state index >= 15 is 0 Å². The number of amides is 1. The van der Waals surface area contributed by atoms with Gasteiger partial charge < -0.3 is 14.5 Å². The molecule has 0 unspecified atom stereocenters. The van der Waals surface area contributed by atoms with Crippen molar-refractivity contribution in [2.24, 2.45) is 0 Å². The van der Waals surface area contributed by atoms with Crippen LogP contribution < -0.4 is 9.64 Å². The smallest absolute Gasteiger partial charge is 0.247 e. The van der Waals surface area contributed by atoms with E-state index in [4.69, 9.17) is 4.74 Å². The molecule has 0 radical (unpaired) electrons. The van der Waals surface area contributed by atoms with Crippen molar-refractivity contribution >= 4 is 11.6 Å². The number of aromatic nitrogens is 4. The molecule has 0 N–H and O–H groups in total. The Hall–Kier alpha value is -3.49. The van der Waals surface area contributed by atoms with Crippen LogP contribution in [0.2, 0.25) is 0 Å². The van der Waals surface area contributed by atoms with Gasteiger partial charge in [0, 0.05) is 20.0 Å². The number of ether oxygens (including phenoxy) is 1. The molecule has 2 atom stereocenters. The van der Waals surface area contributed by atoms with Gasteiger partial charge in [-0.25, -0.2) is 9.07 Å². The second kappa shape index (κ2) is 9.33. The van der Waals surface area contributed by atoms with E-state index in [1.54, 1.807) is 31.0 Å². The van der Waals surface area contributed by atoms with Crippen LogP contribution in [0.25, 0.3) is 0 Å². The second-order valence-corrected chi connectivity index (χ2v) is 7.99. The first kappa shape index (κ1) is 21.7. The molecule has 3 aromatic rings. The summed E-state index contributed by atoms with van der Waals surface area (Å²) >= 11 is 0. The summed E-state index contributed by atoms with van der Waals surface area (Å²) in [6, 6.07) is 13.5. The van der Waals surface area contributed by atoms with Gasteiger partial charge in [-0.15, -0.1) is 5.10 Å². The van der Waals surface area contributed by atoms with Crippen molar-refractivity contribution in [3.05, 3.63) is 65.7 Å². The predicted molar refractivity (Wildman–Crippen MR) is 118 cm³/mol. The molecule has 1 amide bonds. The number of hydrogen-bond acceptors (Lipinski definition) is 6. The first-order valence-electron chi connectivity index (χ1n) is 10.7. The quantitative estimate of drug-likeness (QED) is 0.565. The molecule has 9 heteroatoms. The van der Waals surface area contributed by atoms with E-state index < -0.39 is 6.04 Å². The average Bonchev–Trinajstić information content (AvgIpc) is 3.22. The van der Waals surface area contributed by atoms with Gasteiger partial charge in [-0.1, -0.05) is 24.3 Å². The van der Waals surface area contributed by atoms with Crippen molar-refractivity contribution < 1.29 is 13.9 Å². The van der Waals surface area contributed by atoms with Gasteiger partial charge in [0.2, 0.25) is 5.91 Å². The SMILES string of the molecule is CCN1C[C@@H](CN(C)C(=O)[C@@H](Cc2cccc(F)c2)n2nnnc2C)Oc2ccccc21. The number of rotatable bonds is 7. The van der Waals surface area contributed by atoms with Gasteiger partial charge in [0.15, 0.2) is 0 Å². The summed E-state index contributed by atoms with van der Waals surface area (Å²) in [5, 5.41) is 11.6. The van der Waals surface area contributed by atoms with Crippen LogP contribution in [0, 0.1) is 12.7 Å². The van der Waals surface area contributed by atoms with E-state index in [2.05, 4.69) is 27.3 Å². The maximum Gasteiger partial charge on any atom is 0.247 e. The van der Waals surface area contributed by atoms with Crippen molar-refractivity contribution in [1.29, 1.82) is 0 Å². The summed E-state index contributed by atoms with van der Waals surface area (Å²) in [5.74, 6) is 0.840. The van der Waals surface area contributed by atoms with E-state index in [1.807, 2.05) is 24.3 Å². The molecule has 0 saturated carbocycles. The highest BCUT2D eigenvalue weighted by Crippen LogP contribution is 2.33. The molecule has 1 aliphatic rings. The Morgan fingerprint density at radius 1 is 1.28 bits per heavy atom. The van der Waals surface area contributed by atoms with Gasteiger partial charge in [-0.2, -0.15) is 0 Å². The van der Waals surface area contributed by atoms with Gasteiger partial charge >= 0.3 is 0 Å². The molecule has 32 heavy (non-hydrogen) atoms. The zero-order chi connectivity index (χ0) is 22.7. The summed E-state index contributed by atoms with van der Waals surface area (Å²) in [5.41, 5.74) is 1.76. The Balaban J connectivity index is 1.53. The number of anilines is 1. The number of nitrogens with zero attached hydrogens (tertiary/aromatic N) is 6. The molecule has 2 aromatic carbocycles. The van der Waals surface area contributed by atoms with Crippen molar-refractivity contribution in [3.63, 3.8) is 0 Å². The predicted octanol–water partition coefficient (Wildman–Crippen LogP) is 2.65. The van der Waals surface area contributed by atoms with E-state index in [1.165, 1.54) is 16.8 Å². The van der Waals surface area contributed by atoms with Gasteiger partial charge in [0.25, 0.3) is 0 Å². The lowest BCUT2D eigenvalue weighted by molar-refractivity contribution is -0.134. The van der Waals surface area contributed by atoms with Crippen LogP contribution in [0.5, 0.6) is 5.75 Å². The third kappa shape index (κ3) is 4.56. The topological polar surface area (TPSA) is 76.4 Å². The van der Waals surface area contributed by atoms with E-state index in [0.717, 1.165) is 18.0 Å². The number of likely N-dealkylation sites (N-methyl/N-ethyl adjacent to an activating group) is 2. The van der Waals surface area contributed by atoms with Crippen LogP contribution in [0.4, 0.5) is 10.1 Å². The molecule has 8 nitrogen and oxygen atoms in total. The summed E-state index contributed by atoms with van der Waals surface area (Å²) in [6.07, 6.45) is 0.103. The Morgan fingerprint density at radius 3 is 2.81 bits per heavy atom. The molecule has 1 aliphatic heterocycles. The number of tetrazole rings is 1. The first-order chi connectivity index (χ1) is 15.5. The third-order valence-electron chi connectivity index (χ3n) is 5.71. The number of para-hydroxylation sites is 2. The van der Waals surface area contributed by atoms with Gasteiger partial charge in [0.1, 0.15) is 29.5 Å². The number of carbonyl (C=O) groups excluding carboxylic acids is 1. The highest BCUT2D eigenvalue weighted by Gasteiger charge is 2.31. The van der Waals surface area contributed by atoms with Crippen LogP contribution in [0.3, 0.4) is 0 Å². The minimum atomic E-state index is -0.685. The van der Waals surface area contributed by atoms with Crippen LogP contribution in [-0.2, 0) is 11.2 Å². The maximum atomic E-state index is 13.7. The molecule has 168 valence electrons. The second-order valence-electron chi connectivity index (χ2n) is 7.99. The molecule has 1 aromatic heterocycles. The third-order valence-corrected chi connectivity index (χ3v) is 5.71. The Labute approximate surface area is 186 Å². The molecule has 0 saturated heterocycles. The Morgan fingerprint density at radius 2 is 2.09 bits per heavy atom. The molecule has 4 rings (SSSR count). The zero-order valence-electron chi connectivity index (χ0n) is 18.5. The van der Waals surface area contributed by atoms with Crippen LogP contribution in [0.15, 0.2) is 48.5 Å². The number of carbonyl (C=O) groups is 1. The molecule has 0 bridgehead atoms. The van der Waals surface area contributed by atoms with E-state index in [9.17, 15) is 9.18 Å². The van der Waals surface area contributed by atoms with Gasteiger partial charge in [-0.3, -0.25) is 4.79 Å². The average molecular weight is 439 g/mol. The van der Waals surface area contributed by atoms with Crippen molar-refractivity contribution in [1.82, 2.24) is 25.1 Å². The fraction of sp³-hybridized carbons (Fsp3) is 0.391. The molecule has 2 heterocycles. The number of aryl methyl sites for hydroxylation is 1. The van der Waals surface area contributed by atoms with Gasteiger partial charge in [0.05, 0.1) is 18.8 Å². The molecular formula is C23H27FN6O2. The minimum absolute atomic E-state index is 0.157. The lowest BCUT2D eigenvalue weighted by Gasteiger charge is -2.37. The zero-order valence-corrected chi connectivity index (χ0v) is 18.5. The van der Waals surface area contributed by atoms with Crippen molar-refractivity contribution in [2.45, 2.75) is 32.4 Å². The highest BCUT2D eigenvalue weighted by molar-refractivity contribution is 5.80. The normalized spacial score (nSPS) is 16.2. The monoisotopic (exact) mass is 438 g/mol. The first-order valence-corrected chi connectivity index (χ1v) is 10.7. The molecular weight excluding hydrogens is 411 g/mol. The summed E-state index contributed by atoms with van der Waals surface area (Å²) < 4.78 is 21.4. The van der Waals surface area contributed by atoms with Crippen molar-refractivity contribution in [3.8, 4) is 5.75 Å². The number of halogens is 1. The molecule has 0 spiro atoms. The van der Waals surface area contributed by atoms with Crippen LogP contribution in [-0.4, -0.2) is 63.8 Å². The number of benzene rings is 2. The minimum Gasteiger partial charge on any atom is -0.485 e. The lowest BCUT2D eigenvalue weighted by atomic mass is 10.0. The number of fused-ring (bicyclic) bond motifs is 1. The summed E-state index contributed by atoms with van der Waals surface area (Å²) in [7, 11) is 1.75. The largest absolute Gasteiger partial charge is 0.485 e. The van der Waals surface area contributed by atoms with Gasteiger partial charge in [-0.05, 0) is 54.1 Å².